The minimum Gasteiger partial charge on any atom is -0.466 e. The van der Waals surface area contributed by atoms with E-state index in [0.717, 1.165) is 32.1 Å². The Morgan fingerprint density at radius 1 is 1.44 bits per heavy atom. The number of rotatable bonds is 6. The molecule has 1 atom stereocenters. The average molecular weight is 226 g/mol. The molecule has 0 N–H and O–H groups in total. The maximum atomic E-state index is 11.5. The number of carbonyl (C=O) groups is 2. The zero-order chi connectivity index (χ0) is 11.8. The third-order valence-electron chi connectivity index (χ3n) is 3.14. The van der Waals surface area contributed by atoms with Gasteiger partial charge in [0.15, 0.2) is 0 Å². The highest BCUT2D eigenvalue weighted by Crippen LogP contribution is 2.24. The highest BCUT2D eigenvalue weighted by atomic mass is 16.5. The first-order chi connectivity index (χ1) is 7.74. The lowest BCUT2D eigenvalue weighted by molar-refractivity contribution is -0.144. The van der Waals surface area contributed by atoms with E-state index in [-0.39, 0.29) is 11.9 Å². The molecule has 1 rings (SSSR count). The first-order valence-corrected chi connectivity index (χ1v) is 6.42. The van der Waals surface area contributed by atoms with Gasteiger partial charge in [-0.1, -0.05) is 19.8 Å². The fraction of sp³-hybridized carbons (Fsp3) is 0.846. The monoisotopic (exact) mass is 226 g/mol. The van der Waals surface area contributed by atoms with Crippen molar-refractivity contribution < 1.29 is 14.3 Å². The van der Waals surface area contributed by atoms with Gasteiger partial charge in [-0.15, -0.1) is 0 Å². The number of carbonyl (C=O) groups excluding carboxylic acids is 2. The van der Waals surface area contributed by atoms with Gasteiger partial charge in [-0.2, -0.15) is 0 Å². The smallest absolute Gasteiger partial charge is 0.305 e. The van der Waals surface area contributed by atoms with Crippen LogP contribution in [0.1, 0.15) is 58.3 Å². The predicted molar refractivity (Wildman–Crippen MR) is 62.1 cm³/mol. The van der Waals surface area contributed by atoms with Gasteiger partial charge in [0.2, 0.25) is 0 Å². The van der Waals surface area contributed by atoms with Crippen LogP contribution in [0.4, 0.5) is 0 Å². The van der Waals surface area contributed by atoms with Crippen molar-refractivity contribution in [1.82, 2.24) is 0 Å². The summed E-state index contributed by atoms with van der Waals surface area (Å²) < 4.78 is 5.06. The maximum absolute atomic E-state index is 11.5. The van der Waals surface area contributed by atoms with Gasteiger partial charge in [0.1, 0.15) is 5.78 Å². The van der Waals surface area contributed by atoms with Gasteiger partial charge in [-0.05, 0) is 25.7 Å². The third-order valence-corrected chi connectivity index (χ3v) is 3.14. The molecule has 1 aliphatic rings. The number of hydrogen-bond acceptors (Lipinski definition) is 3. The van der Waals surface area contributed by atoms with Crippen molar-refractivity contribution in [2.75, 3.05) is 6.61 Å². The largest absolute Gasteiger partial charge is 0.466 e. The topological polar surface area (TPSA) is 43.4 Å². The lowest BCUT2D eigenvalue weighted by atomic mass is 9.85. The van der Waals surface area contributed by atoms with Crippen molar-refractivity contribution in [1.29, 1.82) is 0 Å². The summed E-state index contributed by atoms with van der Waals surface area (Å²) in [6.07, 6.45) is 6.86. The second-order valence-electron chi connectivity index (χ2n) is 4.52. The van der Waals surface area contributed by atoms with Crippen molar-refractivity contribution in [2.45, 2.75) is 58.3 Å². The van der Waals surface area contributed by atoms with Crippen molar-refractivity contribution >= 4 is 11.8 Å². The van der Waals surface area contributed by atoms with Crippen LogP contribution in [0, 0.1) is 5.92 Å². The quantitative estimate of drug-likeness (QED) is 0.516. The van der Waals surface area contributed by atoms with E-state index in [0.29, 0.717) is 31.7 Å². The van der Waals surface area contributed by atoms with Gasteiger partial charge in [0, 0.05) is 18.8 Å². The van der Waals surface area contributed by atoms with Gasteiger partial charge in [-0.25, -0.2) is 0 Å². The summed E-state index contributed by atoms with van der Waals surface area (Å²) in [6, 6.07) is 0. The van der Waals surface area contributed by atoms with Gasteiger partial charge in [0.25, 0.3) is 0 Å². The number of Topliss-reactive ketones (excluding diaryl/α,β-unsaturated/α-hetero) is 1. The Morgan fingerprint density at radius 2 is 2.25 bits per heavy atom. The van der Waals surface area contributed by atoms with E-state index in [2.05, 4.69) is 6.92 Å². The minimum absolute atomic E-state index is 0.118. The highest BCUT2D eigenvalue weighted by Gasteiger charge is 2.22. The van der Waals surface area contributed by atoms with Crippen LogP contribution in [0.15, 0.2) is 0 Å². The maximum Gasteiger partial charge on any atom is 0.305 e. The molecule has 3 heteroatoms. The third kappa shape index (κ3) is 4.77. The van der Waals surface area contributed by atoms with Gasteiger partial charge < -0.3 is 4.74 Å². The van der Waals surface area contributed by atoms with E-state index in [1.807, 2.05) is 0 Å². The molecule has 16 heavy (non-hydrogen) atoms. The lowest BCUT2D eigenvalue weighted by Gasteiger charge is -2.19. The molecular weight excluding hydrogens is 204 g/mol. The molecule has 0 unspecified atom stereocenters. The van der Waals surface area contributed by atoms with E-state index < -0.39 is 0 Å². The number of unbranched alkanes of at least 4 members (excludes halogenated alkanes) is 1. The van der Waals surface area contributed by atoms with Crippen LogP contribution in [0.2, 0.25) is 0 Å². The lowest BCUT2D eigenvalue weighted by Crippen LogP contribution is -2.20. The number of ketones is 1. The SMILES string of the molecule is CCCCOC(=O)CC[C@@H]1CCCCC1=O. The van der Waals surface area contributed by atoms with Crippen LogP contribution >= 0.6 is 0 Å². The molecule has 0 aromatic carbocycles. The summed E-state index contributed by atoms with van der Waals surface area (Å²) in [5, 5.41) is 0. The van der Waals surface area contributed by atoms with Gasteiger partial charge >= 0.3 is 5.97 Å². The second-order valence-corrected chi connectivity index (χ2v) is 4.52. The van der Waals surface area contributed by atoms with Crippen LogP contribution in [-0.2, 0) is 14.3 Å². The molecular formula is C13H22O3. The molecule has 0 spiro atoms. The van der Waals surface area contributed by atoms with Gasteiger partial charge in [-0.3, -0.25) is 9.59 Å². The van der Waals surface area contributed by atoms with Crippen molar-refractivity contribution in [2.24, 2.45) is 5.92 Å². The molecule has 0 radical (unpaired) electrons. The van der Waals surface area contributed by atoms with Crippen molar-refractivity contribution in [3.63, 3.8) is 0 Å². The number of hydrogen-bond donors (Lipinski definition) is 0. The molecule has 0 amide bonds. The van der Waals surface area contributed by atoms with Crippen LogP contribution in [0.5, 0.6) is 0 Å². The summed E-state index contributed by atoms with van der Waals surface area (Å²) in [5.74, 6) is 0.312. The second kappa shape index (κ2) is 7.42. The van der Waals surface area contributed by atoms with Crippen LogP contribution in [-0.4, -0.2) is 18.4 Å². The summed E-state index contributed by atoms with van der Waals surface area (Å²) in [7, 11) is 0. The highest BCUT2D eigenvalue weighted by molar-refractivity contribution is 5.82. The summed E-state index contributed by atoms with van der Waals surface area (Å²) in [4.78, 5) is 22.8. The molecule has 0 aromatic rings. The summed E-state index contributed by atoms with van der Waals surface area (Å²) in [6.45, 7) is 2.59. The fourth-order valence-electron chi connectivity index (χ4n) is 2.05. The Morgan fingerprint density at radius 3 is 2.94 bits per heavy atom. The zero-order valence-corrected chi connectivity index (χ0v) is 10.2. The van der Waals surface area contributed by atoms with E-state index in [1.165, 1.54) is 0 Å². The molecule has 1 saturated carbocycles. The Labute approximate surface area is 97.5 Å². The Bertz CT molecular complexity index is 235. The van der Waals surface area contributed by atoms with E-state index in [1.54, 1.807) is 0 Å². The Kier molecular flexibility index (Phi) is 6.12. The van der Waals surface area contributed by atoms with Crippen LogP contribution < -0.4 is 0 Å². The molecule has 3 nitrogen and oxygen atoms in total. The zero-order valence-electron chi connectivity index (χ0n) is 10.2. The molecule has 0 aliphatic heterocycles. The van der Waals surface area contributed by atoms with Crippen molar-refractivity contribution in [3.8, 4) is 0 Å². The minimum atomic E-state index is -0.146. The molecule has 0 saturated heterocycles. The first kappa shape index (κ1) is 13.2. The first-order valence-electron chi connectivity index (χ1n) is 6.42. The van der Waals surface area contributed by atoms with Crippen LogP contribution in [0.25, 0.3) is 0 Å². The Balaban J connectivity index is 2.12. The number of esters is 1. The fourth-order valence-corrected chi connectivity index (χ4v) is 2.05. The molecule has 92 valence electrons. The molecule has 0 heterocycles. The van der Waals surface area contributed by atoms with Crippen LogP contribution in [0.3, 0.4) is 0 Å². The summed E-state index contributed by atoms with van der Waals surface area (Å²) in [5.41, 5.74) is 0. The molecule has 1 fully saturated rings. The van der Waals surface area contributed by atoms with E-state index >= 15 is 0 Å². The molecule has 0 aromatic heterocycles. The normalized spacial score (nSPS) is 20.8. The van der Waals surface area contributed by atoms with Gasteiger partial charge in [0.05, 0.1) is 6.61 Å². The Hall–Kier alpha value is -0.860. The van der Waals surface area contributed by atoms with E-state index in [9.17, 15) is 9.59 Å². The predicted octanol–water partition coefficient (Wildman–Crippen LogP) is 2.87. The molecule has 1 aliphatic carbocycles. The standard InChI is InChI=1S/C13H22O3/c1-2-3-10-16-13(15)9-8-11-6-4-5-7-12(11)14/h11H,2-10H2,1H3/t11-/m0/s1. The van der Waals surface area contributed by atoms with Crippen molar-refractivity contribution in [3.05, 3.63) is 0 Å². The van der Waals surface area contributed by atoms with E-state index in [4.69, 9.17) is 4.74 Å². The summed E-state index contributed by atoms with van der Waals surface area (Å²) >= 11 is 0. The average Bonchev–Trinajstić information content (AvgIpc) is 2.28. The molecule has 0 bridgehead atoms. The number of ether oxygens (including phenoxy) is 1.